The third-order valence-corrected chi connectivity index (χ3v) is 7.19. The van der Waals surface area contributed by atoms with E-state index in [-0.39, 0.29) is 6.04 Å². The van der Waals surface area contributed by atoms with E-state index in [2.05, 4.69) is 4.72 Å². The molecule has 1 aromatic heterocycles. The Balaban J connectivity index is 2.01. The molecule has 1 aliphatic carbocycles. The van der Waals surface area contributed by atoms with E-state index >= 15 is 0 Å². The average Bonchev–Trinajstić information content (AvgIpc) is 2.89. The second kappa shape index (κ2) is 7.02. The molecule has 0 aliphatic heterocycles. The summed E-state index contributed by atoms with van der Waals surface area (Å²) in [6, 6.07) is 3.56. The average molecular weight is 316 g/mol. The van der Waals surface area contributed by atoms with E-state index < -0.39 is 10.0 Å². The third-order valence-electron chi connectivity index (χ3n) is 3.99. The molecule has 1 heterocycles. The van der Waals surface area contributed by atoms with Crippen molar-refractivity contribution in [1.82, 2.24) is 4.72 Å². The Bertz CT molecular complexity index is 519. The number of sulfonamides is 1. The third kappa shape index (κ3) is 4.04. The van der Waals surface area contributed by atoms with Crippen molar-refractivity contribution in [2.75, 3.05) is 6.54 Å². The fraction of sp³-hybridized carbons (Fsp3) is 0.714. The second-order valence-corrected chi connectivity index (χ2v) is 8.68. The summed E-state index contributed by atoms with van der Waals surface area (Å²) in [6.07, 6.45) is 6.72. The fourth-order valence-electron chi connectivity index (χ4n) is 2.81. The minimum atomic E-state index is -3.38. The van der Waals surface area contributed by atoms with Gasteiger partial charge in [0.05, 0.1) is 0 Å². The smallest absolute Gasteiger partial charge is 0.250 e. The molecule has 1 aromatic rings. The molecular weight excluding hydrogens is 292 g/mol. The van der Waals surface area contributed by atoms with Gasteiger partial charge in [-0.1, -0.05) is 19.3 Å². The largest absolute Gasteiger partial charge is 0.330 e. The zero-order valence-corrected chi connectivity index (χ0v) is 13.6. The van der Waals surface area contributed by atoms with Crippen LogP contribution in [0.3, 0.4) is 0 Å². The van der Waals surface area contributed by atoms with Crippen molar-refractivity contribution in [1.29, 1.82) is 0 Å². The zero-order chi connectivity index (χ0) is 14.6. The van der Waals surface area contributed by atoms with E-state index in [4.69, 9.17) is 5.73 Å². The number of rotatable bonds is 6. The number of nitrogens with two attached hydrogens (primary N) is 1. The quantitative estimate of drug-likeness (QED) is 0.847. The van der Waals surface area contributed by atoms with Gasteiger partial charge in [0.1, 0.15) is 4.21 Å². The van der Waals surface area contributed by atoms with Gasteiger partial charge in [0.15, 0.2) is 0 Å². The molecule has 1 aliphatic rings. The topological polar surface area (TPSA) is 72.2 Å². The van der Waals surface area contributed by atoms with Crippen molar-refractivity contribution in [3.05, 3.63) is 17.0 Å². The highest BCUT2D eigenvalue weighted by Crippen LogP contribution is 2.28. The molecule has 4 nitrogen and oxygen atoms in total. The van der Waals surface area contributed by atoms with Crippen molar-refractivity contribution >= 4 is 21.4 Å². The van der Waals surface area contributed by atoms with E-state index in [1.165, 1.54) is 30.6 Å². The highest BCUT2D eigenvalue weighted by molar-refractivity contribution is 7.91. The summed E-state index contributed by atoms with van der Waals surface area (Å²) in [5.41, 5.74) is 5.50. The van der Waals surface area contributed by atoms with Gasteiger partial charge in [0, 0.05) is 10.9 Å². The summed E-state index contributed by atoms with van der Waals surface area (Å²) >= 11 is 1.32. The van der Waals surface area contributed by atoms with Crippen LogP contribution in [0.5, 0.6) is 0 Å². The van der Waals surface area contributed by atoms with Crippen molar-refractivity contribution in [2.45, 2.75) is 55.7 Å². The minimum Gasteiger partial charge on any atom is -0.330 e. The Morgan fingerprint density at radius 2 is 2.05 bits per heavy atom. The van der Waals surface area contributed by atoms with E-state index in [0.29, 0.717) is 16.7 Å². The maximum absolute atomic E-state index is 12.4. The molecule has 0 bridgehead atoms. The van der Waals surface area contributed by atoms with Crippen LogP contribution in [0.1, 0.15) is 43.9 Å². The van der Waals surface area contributed by atoms with Crippen LogP contribution in [0, 0.1) is 5.92 Å². The predicted octanol–water partition coefficient (Wildman–Crippen LogP) is 2.50. The highest BCUT2D eigenvalue weighted by Gasteiger charge is 2.25. The molecule has 0 saturated heterocycles. The Labute approximate surface area is 125 Å². The van der Waals surface area contributed by atoms with Crippen molar-refractivity contribution in [3.63, 3.8) is 0 Å². The lowest BCUT2D eigenvalue weighted by Crippen LogP contribution is -2.38. The van der Waals surface area contributed by atoms with Crippen LogP contribution >= 0.6 is 11.3 Å². The molecule has 0 aromatic carbocycles. The first-order chi connectivity index (χ1) is 9.53. The molecule has 1 unspecified atom stereocenters. The minimum absolute atomic E-state index is 0.0142. The summed E-state index contributed by atoms with van der Waals surface area (Å²) in [4.78, 5) is 1.03. The first kappa shape index (κ1) is 15.9. The molecule has 114 valence electrons. The van der Waals surface area contributed by atoms with Gasteiger partial charge in [-0.3, -0.25) is 0 Å². The van der Waals surface area contributed by atoms with Gasteiger partial charge in [-0.05, 0) is 50.8 Å². The number of hydrogen-bond acceptors (Lipinski definition) is 4. The van der Waals surface area contributed by atoms with Gasteiger partial charge >= 0.3 is 0 Å². The Morgan fingerprint density at radius 3 is 2.70 bits per heavy atom. The first-order valence-electron chi connectivity index (χ1n) is 7.34. The Hall–Kier alpha value is -0.430. The van der Waals surface area contributed by atoms with Gasteiger partial charge < -0.3 is 5.73 Å². The molecular formula is C14H24N2O2S2. The summed E-state index contributed by atoms with van der Waals surface area (Å²) in [5.74, 6) is 0.474. The number of thiophene rings is 1. The van der Waals surface area contributed by atoms with Crippen LogP contribution in [-0.4, -0.2) is 21.0 Å². The Morgan fingerprint density at radius 1 is 1.35 bits per heavy atom. The fourth-order valence-corrected chi connectivity index (χ4v) is 5.51. The predicted molar refractivity (Wildman–Crippen MR) is 83.4 cm³/mol. The summed E-state index contributed by atoms with van der Waals surface area (Å²) in [6.45, 7) is 2.54. The lowest BCUT2D eigenvalue weighted by molar-refractivity contribution is 0.303. The summed E-state index contributed by atoms with van der Waals surface area (Å²) in [7, 11) is -3.38. The van der Waals surface area contributed by atoms with Crippen LogP contribution < -0.4 is 10.5 Å². The van der Waals surface area contributed by atoms with Crippen molar-refractivity contribution in [2.24, 2.45) is 11.7 Å². The van der Waals surface area contributed by atoms with Gasteiger partial charge in [0.25, 0.3) is 0 Å². The van der Waals surface area contributed by atoms with Crippen LogP contribution in [0.4, 0.5) is 0 Å². The van der Waals surface area contributed by atoms with E-state index in [1.807, 2.05) is 13.0 Å². The normalized spacial score (nSPS) is 19.1. The lowest BCUT2D eigenvalue weighted by Gasteiger charge is -2.27. The maximum atomic E-state index is 12.4. The molecule has 0 spiro atoms. The van der Waals surface area contributed by atoms with Crippen LogP contribution in [0.25, 0.3) is 0 Å². The first-order valence-corrected chi connectivity index (χ1v) is 9.64. The molecule has 0 amide bonds. The summed E-state index contributed by atoms with van der Waals surface area (Å²) in [5, 5.41) is 0. The SMILES string of the molecule is CC(NS(=O)(=O)c1ccc(CCN)s1)C1CCCCC1. The molecule has 2 rings (SSSR count). The van der Waals surface area contributed by atoms with E-state index in [9.17, 15) is 8.42 Å². The standard InChI is InChI=1S/C14H24N2O2S2/c1-11(12-5-3-2-4-6-12)16-20(17,18)14-8-7-13(19-14)9-10-15/h7-8,11-12,16H,2-6,9-10,15H2,1H3. The second-order valence-electron chi connectivity index (χ2n) is 5.57. The van der Waals surface area contributed by atoms with Crippen LogP contribution in [-0.2, 0) is 16.4 Å². The number of nitrogens with one attached hydrogen (secondary N) is 1. The monoisotopic (exact) mass is 316 g/mol. The van der Waals surface area contributed by atoms with Gasteiger partial charge in [-0.25, -0.2) is 13.1 Å². The molecule has 1 atom stereocenters. The maximum Gasteiger partial charge on any atom is 0.250 e. The van der Waals surface area contributed by atoms with Crippen molar-refractivity contribution < 1.29 is 8.42 Å². The van der Waals surface area contributed by atoms with Crippen LogP contribution in [0.15, 0.2) is 16.3 Å². The number of hydrogen-bond donors (Lipinski definition) is 2. The van der Waals surface area contributed by atoms with Crippen LogP contribution in [0.2, 0.25) is 0 Å². The molecule has 1 fully saturated rings. The molecule has 6 heteroatoms. The van der Waals surface area contributed by atoms with Crippen molar-refractivity contribution in [3.8, 4) is 0 Å². The zero-order valence-electron chi connectivity index (χ0n) is 12.0. The van der Waals surface area contributed by atoms with Gasteiger partial charge in [0.2, 0.25) is 10.0 Å². The summed E-state index contributed by atoms with van der Waals surface area (Å²) < 4.78 is 28.0. The molecule has 0 radical (unpaired) electrons. The van der Waals surface area contributed by atoms with E-state index in [0.717, 1.165) is 24.1 Å². The van der Waals surface area contributed by atoms with Gasteiger partial charge in [-0.2, -0.15) is 0 Å². The highest BCUT2D eigenvalue weighted by atomic mass is 32.2. The molecule has 20 heavy (non-hydrogen) atoms. The Kier molecular flexibility index (Phi) is 5.60. The lowest BCUT2D eigenvalue weighted by atomic mass is 9.85. The molecule has 1 saturated carbocycles. The van der Waals surface area contributed by atoms with E-state index in [1.54, 1.807) is 6.07 Å². The molecule has 3 N–H and O–H groups in total. The van der Waals surface area contributed by atoms with Gasteiger partial charge in [-0.15, -0.1) is 11.3 Å².